The molecule has 0 bridgehead atoms. The Hall–Kier alpha value is -0.420. The summed E-state index contributed by atoms with van der Waals surface area (Å²) in [5.74, 6) is -1.03. The van der Waals surface area contributed by atoms with E-state index in [1.54, 1.807) is 0 Å². The second kappa shape index (κ2) is 5.27. The number of aliphatic hydroxyl groups is 1. The molecular weight excluding hydrogens is 187 g/mol. The maximum Gasteiger partial charge on any atom is 0.330 e. The van der Waals surface area contributed by atoms with E-state index in [4.69, 9.17) is 15.1 Å². The number of rotatable bonds is 6. The van der Waals surface area contributed by atoms with Gasteiger partial charge in [0.1, 0.15) is 0 Å². The van der Waals surface area contributed by atoms with E-state index in [1.165, 1.54) is 0 Å². The van der Waals surface area contributed by atoms with Crippen LogP contribution in [0, 0.1) is 0 Å². The van der Waals surface area contributed by atoms with Gasteiger partial charge in [-0.2, -0.15) is 0 Å². The number of aliphatic hydroxyl groups excluding tert-OH is 1. The second-order valence-corrected chi connectivity index (χ2v) is 4.10. The van der Waals surface area contributed by atoms with Crippen LogP contribution in [0.15, 0.2) is 0 Å². The Bertz CT molecular complexity index is 190. The highest BCUT2D eigenvalue weighted by molar-refractivity contribution is 7.52. The van der Waals surface area contributed by atoms with Crippen molar-refractivity contribution < 1.29 is 29.0 Å². The molecule has 0 saturated carbocycles. The molecule has 0 fully saturated rings. The number of aliphatic carboxylic acids is 1. The monoisotopic (exact) mass is 198 g/mol. The van der Waals surface area contributed by atoms with Gasteiger partial charge in [0.15, 0.2) is 6.79 Å². The van der Waals surface area contributed by atoms with Crippen molar-refractivity contribution in [1.29, 1.82) is 0 Å². The lowest BCUT2D eigenvalue weighted by molar-refractivity contribution is -0.137. The van der Waals surface area contributed by atoms with E-state index < -0.39 is 20.4 Å². The van der Waals surface area contributed by atoms with Crippen molar-refractivity contribution in [1.82, 2.24) is 0 Å². The first-order chi connectivity index (χ1) is 5.48. The quantitative estimate of drug-likeness (QED) is 0.410. The van der Waals surface area contributed by atoms with Gasteiger partial charge < -0.3 is 15.1 Å². The van der Waals surface area contributed by atoms with Crippen LogP contribution in [-0.4, -0.2) is 34.0 Å². The third-order valence-corrected chi connectivity index (χ3v) is 2.49. The average molecular weight is 198 g/mol. The first-order valence-corrected chi connectivity index (χ1v) is 5.03. The van der Waals surface area contributed by atoms with Gasteiger partial charge >= 0.3 is 13.6 Å². The van der Waals surface area contributed by atoms with Crippen molar-refractivity contribution >= 4 is 13.6 Å². The molecule has 0 amide bonds. The molecule has 6 nitrogen and oxygen atoms in total. The van der Waals surface area contributed by atoms with Crippen LogP contribution >= 0.6 is 7.60 Å². The molecule has 7 heteroatoms. The fourth-order valence-corrected chi connectivity index (χ4v) is 1.45. The van der Waals surface area contributed by atoms with Gasteiger partial charge in [0.2, 0.25) is 0 Å². The van der Waals surface area contributed by atoms with Crippen LogP contribution in [-0.2, 0) is 13.9 Å². The minimum atomic E-state index is -3.76. The van der Waals surface area contributed by atoms with Gasteiger partial charge in [-0.1, -0.05) is 0 Å². The smallest absolute Gasteiger partial charge is 0.330 e. The van der Waals surface area contributed by atoms with Crippen LogP contribution in [0.5, 0.6) is 0 Å². The Morgan fingerprint density at radius 2 is 2.08 bits per heavy atom. The molecule has 1 unspecified atom stereocenters. The Labute approximate surface area is 69.3 Å². The van der Waals surface area contributed by atoms with E-state index in [2.05, 4.69) is 4.52 Å². The first kappa shape index (κ1) is 11.6. The molecule has 1 atom stereocenters. The van der Waals surface area contributed by atoms with E-state index in [-0.39, 0.29) is 19.0 Å². The number of carboxylic acids is 1. The van der Waals surface area contributed by atoms with Gasteiger partial charge in [-0.05, 0) is 6.42 Å². The molecule has 0 radical (unpaired) electrons. The molecule has 0 aliphatic carbocycles. The summed E-state index contributed by atoms with van der Waals surface area (Å²) in [7, 11) is -3.76. The van der Waals surface area contributed by atoms with Crippen LogP contribution in [0.25, 0.3) is 0 Å². The molecule has 0 heterocycles. The highest BCUT2D eigenvalue weighted by Gasteiger charge is 2.18. The molecule has 0 aromatic rings. The zero-order chi connectivity index (χ0) is 9.61. The minimum absolute atomic E-state index is 0.0586. The summed E-state index contributed by atoms with van der Waals surface area (Å²) >= 11 is 0. The van der Waals surface area contributed by atoms with E-state index in [0.717, 1.165) is 0 Å². The fourth-order valence-electron chi connectivity index (χ4n) is 0.585. The normalized spacial score (nSPS) is 15.5. The van der Waals surface area contributed by atoms with Gasteiger partial charge in [-0.25, -0.2) is 0 Å². The third kappa shape index (κ3) is 6.30. The van der Waals surface area contributed by atoms with Crippen molar-refractivity contribution in [3.05, 3.63) is 0 Å². The SMILES string of the molecule is O=C(O)CCCP(=O)(O)OCO. The topological polar surface area (TPSA) is 104 Å². The molecule has 3 N–H and O–H groups in total. The lowest BCUT2D eigenvalue weighted by Gasteiger charge is -2.08. The third-order valence-electron chi connectivity index (χ3n) is 1.09. The van der Waals surface area contributed by atoms with Crippen molar-refractivity contribution in [2.75, 3.05) is 13.0 Å². The van der Waals surface area contributed by atoms with Crippen LogP contribution in [0.3, 0.4) is 0 Å². The van der Waals surface area contributed by atoms with Gasteiger partial charge in [-0.15, -0.1) is 0 Å². The minimum Gasteiger partial charge on any atom is -0.481 e. The molecule has 0 aromatic carbocycles. The fraction of sp³-hybridized carbons (Fsp3) is 0.800. The molecule has 0 saturated heterocycles. The largest absolute Gasteiger partial charge is 0.481 e. The lowest BCUT2D eigenvalue weighted by Crippen LogP contribution is -2.00. The number of carboxylic acid groups (broad SMARTS) is 1. The zero-order valence-corrected chi connectivity index (χ0v) is 7.24. The molecule has 0 spiro atoms. The summed E-state index contributed by atoms with van der Waals surface area (Å²) in [6.07, 6.45) is -0.373. The zero-order valence-electron chi connectivity index (χ0n) is 6.34. The molecule has 0 aromatic heterocycles. The summed E-state index contributed by atoms with van der Waals surface area (Å²) in [4.78, 5) is 18.8. The Kier molecular flexibility index (Phi) is 5.08. The van der Waals surface area contributed by atoms with E-state index in [1.807, 2.05) is 0 Å². The Morgan fingerprint density at radius 1 is 1.50 bits per heavy atom. The molecule has 0 aliphatic heterocycles. The van der Waals surface area contributed by atoms with E-state index in [9.17, 15) is 9.36 Å². The molecule has 72 valence electrons. The molecular formula is C5H11O6P. The van der Waals surface area contributed by atoms with Crippen LogP contribution in [0.1, 0.15) is 12.8 Å². The number of hydrogen-bond acceptors (Lipinski definition) is 4. The van der Waals surface area contributed by atoms with Crippen molar-refractivity contribution in [2.24, 2.45) is 0 Å². The maximum atomic E-state index is 10.8. The second-order valence-electron chi connectivity index (χ2n) is 2.12. The molecule has 0 rings (SSSR count). The summed E-state index contributed by atoms with van der Waals surface area (Å²) in [6.45, 7) is -0.832. The summed E-state index contributed by atoms with van der Waals surface area (Å²) in [5.41, 5.74) is 0. The Balaban J connectivity index is 3.61. The van der Waals surface area contributed by atoms with Crippen LogP contribution in [0.2, 0.25) is 0 Å². The van der Waals surface area contributed by atoms with Crippen molar-refractivity contribution in [3.8, 4) is 0 Å². The average Bonchev–Trinajstić information content (AvgIpc) is 1.85. The highest BCUT2D eigenvalue weighted by Crippen LogP contribution is 2.42. The predicted molar refractivity (Wildman–Crippen MR) is 39.7 cm³/mol. The van der Waals surface area contributed by atoms with Crippen LogP contribution in [0.4, 0.5) is 0 Å². The molecule has 0 aliphatic rings. The Morgan fingerprint density at radius 3 is 2.50 bits per heavy atom. The first-order valence-electron chi connectivity index (χ1n) is 3.27. The highest BCUT2D eigenvalue weighted by atomic mass is 31.2. The van der Waals surface area contributed by atoms with Crippen molar-refractivity contribution in [3.63, 3.8) is 0 Å². The van der Waals surface area contributed by atoms with Gasteiger partial charge in [0, 0.05) is 6.42 Å². The van der Waals surface area contributed by atoms with Gasteiger partial charge in [-0.3, -0.25) is 13.9 Å². The number of hydrogen-bond donors (Lipinski definition) is 3. The van der Waals surface area contributed by atoms with E-state index in [0.29, 0.717) is 0 Å². The van der Waals surface area contributed by atoms with E-state index >= 15 is 0 Å². The summed E-state index contributed by atoms with van der Waals surface area (Å²) in [5, 5.41) is 16.3. The van der Waals surface area contributed by atoms with Crippen molar-refractivity contribution in [2.45, 2.75) is 12.8 Å². The molecule has 12 heavy (non-hydrogen) atoms. The predicted octanol–water partition coefficient (Wildman–Crippen LogP) is 0.00300. The summed E-state index contributed by atoms with van der Waals surface area (Å²) < 4.78 is 14.9. The van der Waals surface area contributed by atoms with Gasteiger partial charge in [0.25, 0.3) is 0 Å². The standard InChI is InChI=1S/C5H11O6P/c6-4-11-12(9,10)3-1-2-5(7)8/h6H,1-4H2,(H,7,8)(H,9,10). The number of carbonyl (C=O) groups is 1. The maximum absolute atomic E-state index is 10.8. The van der Waals surface area contributed by atoms with Crippen LogP contribution < -0.4 is 0 Å². The lowest BCUT2D eigenvalue weighted by atomic mass is 10.3. The van der Waals surface area contributed by atoms with Gasteiger partial charge in [0.05, 0.1) is 6.16 Å². The summed E-state index contributed by atoms with van der Waals surface area (Å²) in [6, 6.07) is 0.